The quantitative estimate of drug-likeness (QED) is 0.338. The van der Waals surface area contributed by atoms with Crippen LogP contribution < -0.4 is 0 Å². The van der Waals surface area contributed by atoms with Crippen molar-refractivity contribution in [3.05, 3.63) is 35.4 Å². The molecule has 0 saturated carbocycles. The average molecular weight is 236 g/mol. The van der Waals surface area contributed by atoms with E-state index in [0.717, 1.165) is 4.90 Å². The van der Waals surface area contributed by atoms with Crippen LogP contribution in [0.25, 0.3) is 0 Å². The SMILES string of the molecule is CCO[13C](=O)[13CH2][15N]1C(=O)c2ccccc2C1=O. The van der Waals surface area contributed by atoms with Crippen molar-refractivity contribution in [3.63, 3.8) is 0 Å². The maximum Gasteiger partial charge on any atom is 0.326 e. The van der Waals surface area contributed by atoms with E-state index in [-0.39, 0.29) is 13.2 Å². The molecule has 1 aliphatic rings. The number of amides is 2. The number of hydrogen-bond acceptors (Lipinski definition) is 4. The molecule has 5 heteroatoms. The summed E-state index contributed by atoms with van der Waals surface area (Å²) in [5, 5.41) is 0. The molecule has 17 heavy (non-hydrogen) atoms. The molecule has 5 nitrogen and oxygen atoms in total. The molecule has 2 amide bonds. The van der Waals surface area contributed by atoms with Crippen LogP contribution in [0.5, 0.6) is 0 Å². The van der Waals surface area contributed by atoms with Crippen LogP contribution >= 0.6 is 0 Å². The number of rotatable bonds is 3. The molecule has 0 bridgehead atoms. The summed E-state index contributed by atoms with van der Waals surface area (Å²) >= 11 is 0. The minimum absolute atomic E-state index is 0.224. The van der Waals surface area contributed by atoms with Gasteiger partial charge in [0.1, 0.15) is 6.54 Å². The molecule has 0 radical (unpaired) electrons. The molecule has 0 aromatic heterocycles. The second kappa shape index (κ2) is 4.37. The summed E-state index contributed by atoms with van der Waals surface area (Å²) in [4.78, 5) is 35.9. The van der Waals surface area contributed by atoms with Crippen LogP contribution in [0.3, 0.4) is 0 Å². The van der Waals surface area contributed by atoms with Gasteiger partial charge in [-0.25, -0.2) is 0 Å². The second-order valence-corrected chi connectivity index (χ2v) is 3.55. The molecule has 1 heterocycles. The number of hydrogen-bond donors (Lipinski definition) is 0. The van der Waals surface area contributed by atoms with Gasteiger partial charge in [0.2, 0.25) is 0 Å². The highest BCUT2D eigenvalue weighted by Crippen LogP contribution is 2.21. The monoisotopic (exact) mass is 236 g/mol. The van der Waals surface area contributed by atoms with E-state index >= 15 is 0 Å². The second-order valence-electron chi connectivity index (χ2n) is 3.55. The summed E-state index contributed by atoms with van der Waals surface area (Å²) in [6, 6.07) is 6.50. The molecule has 0 saturated heterocycles. The Morgan fingerprint density at radius 3 is 2.18 bits per heavy atom. The Morgan fingerprint density at radius 2 is 1.71 bits per heavy atom. The minimum Gasteiger partial charge on any atom is -0.465 e. The fourth-order valence-electron chi connectivity index (χ4n) is 1.72. The van der Waals surface area contributed by atoms with Crippen molar-refractivity contribution in [1.29, 1.82) is 0 Å². The lowest BCUT2D eigenvalue weighted by Gasteiger charge is -2.12. The summed E-state index contributed by atoms with van der Waals surface area (Å²) in [6.45, 7) is 1.56. The Bertz CT molecular complexity index is 460. The molecule has 1 aromatic carbocycles. The summed E-state index contributed by atoms with van der Waals surface area (Å²) in [7, 11) is 0. The number of nitrogens with zero attached hydrogens (tertiary/aromatic N) is 1. The zero-order valence-corrected chi connectivity index (χ0v) is 9.30. The highest BCUT2D eigenvalue weighted by Gasteiger charge is 2.36. The van der Waals surface area contributed by atoms with E-state index in [2.05, 4.69) is 0 Å². The van der Waals surface area contributed by atoms with Gasteiger partial charge < -0.3 is 4.74 Å². The number of benzene rings is 1. The van der Waals surface area contributed by atoms with Gasteiger partial charge in [0.25, 0.3) is 11.8 Å². The Hall–Kier alpha value is -2.17. The Kier molecular flexibility index (Phi) is 2.91. The predicted octanol–water partition coefficient (Wildman–Crippen LogP) is 0.846. The van der Waals surface area contributed by atoms with Gasteiger partial charge in [0.05, 0.1) is 17.7 Å². The Morgan fingerprint density at radius 1 is 1.18 bits per heavy atom. The summed E-state index contributed by atoms with van der Waals surface area (Å²) in [6.07, 6.45) is 0. The van der Waals surface area contributed by atoms with Crippen molar-refractivity contribution in [2.45, 2.75) is 6.92 Å². The van der Waals surface area contributed by atoms with E-state index in [1.807, 2.05) is 0 Å². The van der Waals surface area contributed by atoms with Crippen molar-refractivity contribution in [1.82, 2.24) is 4.90 Å². The van der Waals surface area contributed by atoms with Gasteiger partial charge in [-0.2, -0.15) is 0 Å². The molecule has 0 fully saturated rings. The number of carbonyl (C=O) groups excluding carboxylic acids is 3. The Balaban J connectivity index is 2.22. The highest BCUT2D eigenvalue weighted by atomic mass is 16.6. The third-order valence-corrected chi connectivity index (χ3v) is 2.47. The van der Waals surface area contributed by atoms with Crippen LogP contribution in [0.1, 0.15) is 27.6 Å². The van der Waals surface area contributed by atoms with Gasteiger partial charge in [-0.3, -0.25) is 19.3 Å². The van der Waals surface area contributed by atoms with Crippen molar-refractivity contribution in [3.8, 4) is 0 Å². The number of ether oxygens (including phenoxy) is 1. The van der Waals surface area contributed by atoms with E-state index < -0.39 is 17.8 Å². The highest BCUT2D eigenvalue weighted by molar-refractivity contribution is 6.22. The zero-order valence-electron chi connectivity index (χ0n) is 9.30. The van der Waals surface area contributed by atoms with Crippen LogP contribution in [0.15, 0.2) is 24.3 Å². The van der Waals surface area contributed by atoms with Crippen LogP contribution in [-0.4, -0.2) is 35.8 Å². The van der Waals surface area contributed by atoms with Gasteiger partial charge in [0, 0.05) is 0 Å². The molecule has 1 aromatic rings. The molecule has 0 aliphatic carbocycles. The molecule has 0 atom stereocenters. The fourth-order valence-corrected chi connectivity index (χ4v) is 1.72. The van der Waals surface area contributed by atoms with Crippen LogP contribution in [0, 0.1) is 0 Å². The van der Waals surface area contributed by atoms with Crippen molar-refractivity contribution < 1.29 is 19.1 Å². The van der Waals surface area contributed by atoms with E-state index in [9.17, 15) is 14.4 Å². The lowest BCUT2D eigenvalue weighted by molar-refractivity contribution is -0.143. The van der Waals surface area contributed by atoms with E-state index in [1.165, 1.54) is 0 Å². The lowest BCUT2D eigenvalue weighted by atomic mass is 10.1. The third-order valence-electron chi connectivity index (χ3n) is 2.47. The smallest absolute Gasteiger partial charge is 0.326 e. The molecule has 0 spiro atoms. The number of fused-ring (bicyclic) bond motifs is 1. The van der Waals surface area contributed by atoms with Crippen molar-refractivity contribution >= 4 is 17.8 Å². The van der Waals surface area contributed by atoms with Gasteiger partial charge in [0.15, 0.2) is 0 Å². The first kappa shape index (κ1) is 11.3. The normalized spacial score (nSPS) is 13.8. The molecule has 2 rings (SSSR count). The fraction of sp³-hybridized carbons (Fsp3) is 0.250. The Labute approximate surface area is 98.0 Å². The summed E-state index contributed by atoms with van der Waals surface area (Å²) < 4.78 is 4.71. The van der Waals surface area contributed by atoms with Gasteiger partial charge in [-0.05, 0) is 19.1 Å². The molecular formula is C12H11NO4. The first-order chi connectivity index (χ1) is 8.15. The van der Waals surface area contributed by atoms with Crippen molar-refractivity contribution in [2.24, 2.45) is 0 Å². The first-order valence-electron chi connectivity index (χ1n) is 5.26. The summed E-state index contributed by atoms with van der Waals surface area (Å²) in [5.41, 5.74) is 0.670. The number of carbonyl (C=O) groups is 3. The topological polar surface area (TPSA) is 63.7 Å². The van der Waals surface area contributed by atoms with E-state index in [0.29, 0.717) is 11.1 Å². The van der Waals surface area contributed by atoms with Crippen molar-refractivity contribution in [2.75, 3.05) is 13.2 Å². The number of esters is 1. The third kappa shape index (κ3) is 1.91. The molecule has 1 aliphatic heterocycles. The van der Waals surface area contributed by atoms with Crippen LogP contribution in [0.4, 0.5) is 0 Å². The van der Waals surface area contributed by atoms with Gasteiger partial charge in [-0.1, -0.05) is 12.1 Å². The first-order valence-corrected chi connectivity index (χ1v) is 5.26. The van der Waals surface area contributed by atoms with Gasteiger partial charge in [-0.15, -0.1) is 0 Å². The standard InChI is InChI=1S/C12H11NO4/c1-2-17-10(14)7-13-11(15)8-5-3-4-6-9(8)12(13)16/h3-6H,2,7H2,1H3/i7+1,10+1,13+1. The maximum atomic E-state index is 11.8. The van der Waals surface area contributed by atoms with Crippen LogP contribution in [0.2, 0.25) is 0 Å². The lowest BCUT2D eigenvalue weighted by Crippen LogP contribution is -2.35. The van der Waals surface area contributed by atoms with E-state index in [4.69, 9.17) is 4.74 Å². The molecule has 0 N–H and O–H groups in total. The van der Waals surface area contributed by atoms with Gasteiger partial charge >= 0.3 is 5.97 Å². The minimum atomic E-state index is -0.581. The predicted molar refractivity (Wildman–Crippen MR) is 58.4 cm³/mol. The zero-order chi connectivity index (χ0) is 12.4. The summed E-state index contributed by atoms with van der Waals surface area (Å²) in [5.74, 6) is -1.47. The molecule has 88 valence electrons. The molecule has 0 unspecified atom stereocenters. The largest absolute Gasteiger partial charge is 0.465 e. The van der Waals surface area contributed by atoms with E-state index in [1.54, 1.807) is 31.2 Å². The number of imide groups is 1. The maximum absolute atomic E-state index is 11.8. The van der Waals surface area contributed by atoms with Crippen LogP contribution in [-0.2, 0) is 9.53 Å². The average Bonchev–Trinajstić information content (AvgIpc) is 2.56. The molecular weight excluding hydrogens is 225 g/mol.